The van der Waals surface area contributed by atoms with Gasteiger partial charge in [-0.2, -0.15) is 0 Å². The van der Waals surface area contributed by atoms with E-state index in [4.69, 9.17) is 18.9 Å². The third-order valence-corrected chi connectivity index (χ3v) is 5.30. The zero-order chi connectivity index (χ0) is 21.9. The molecule has 0 amide bonds. The zero-order valence-corrected chi connectivity index (χ0v) is 16.1. The van der Waals surface area contributed by atoms with Crippen LogP contribution in [0.25, 0.3) is 0 Å². The third-order valence-electron chi connectivity index (χ3n) is 5.30. The molecule has 0 saturated carbocycles. The smallest absolute Gasteiger partial charge is 0.187 e. The number of hydrogen-bond acceptors (Lipinski definition) is 11. The van der Waals surface area contributed by atoms with Crippen LogP contribution in [0.5, 0.6) is 5.75 Å². The van der Waals surface area contributed by atoms with E-state index in [0.717, 1.165) is 5.56 Å². The van der Waals surface area contributed by atoms with Gasteiger partial charge in [-0.25, -0.2) is 0 Å². The fourth-order valence-corrected chi connectivity index (χ4v) is 3.35. The van der Waals surface area contributed by atoms with Gasteiger partial charge in [-0.1, -0.05) is 12.1 Å². The van der Waals surface area contributed by atoms with E-state index in [0.29, 0.717) is 6.42 Å². The van der Waals surface area contributed by atoms with Crippen molar-refractivity contribution in [3.8, 4) is 5.75 Å². The van der Waals surface area contributed by atoms with Crippen molar-refractivity contribution in [1.29, 1.82) is 0 Å². The van der Waals surface area contributed by atoms with Gasteiger partial charge in [0.2, 0.25) is 0 Å². The SMILES string of the molecule is OC[C@H]1O[C@@H](OCCc2ccc(O)cc2)[C@H](O[C@H]2OC[C@@](O)(CO)[C@@H]2O)[C@H](O)[C@H]1O. The Morgan fingerprint density at radius 2 is 1.73 bits per heavy atom. The highest BCUT2D eigenvalue weighted by Gasteiger charge is 2.53. The summed E-state index contributed by atoms with van der Waals surface area (Å²) in [6.07, 6.45) is -9.30. The molecule has 0 bridgehead atoms. The molecule has 2 saturated heterocycles. The number of aromatic hydroxyl groups is 1. The predicted octanol–water partition coefficient (Wildman–Crippen LogP) is -2.78. The highest BCUT2D eigenvalue weighted by Crippen LogP contribution is 2.31. The third kappa shape index (κ3) is 4.92. The van der Waals surface area contributed by atoms with Gasteiger partial charge in [0.15, 0.2) is 12.6 Å². The fraction of sp³-hybridized carbons (Fsp3) is 0.684. The van der Waals surface area contributed by atoms with Crippen molar-refractivity contribution < 1.29 is 54.7 Å². The summed E-state index contributed by atoms with van der Waals surface area (Å²) in [7, 11) is 0. The van der Waals surface area contributed by atoms with Crippen molar-refractivity contribution in [2.24, 2.45) is 0 Å². The number of benzene rings is 1. The van der Waals surface area contributed by atoms with Gasteiger partial charge in [-0.3, -0.25) is 0 Å². The lowest BCUT2D eigenvalue weighted by Gasteiger charge is -2.42. The quantitative estimate of drug-likeness (QED) is 0.226. The van der Waals surface area contributed by atoms with Gasteiger partial charge in [0, 0.05) is 0 Å². The van der Waals surface area contributed by atoms with Crippen LogP contribution in [0, 0.1) is 0 Å². The van der Waals surface area contributed by atoms with Crippen LogP contribution in [-0.2, 0) is 25.4 Å². The molecule has 0 aromatic heterocycles. The van der Waals surface area contributed by atoms with Gasteiger partial charge >= 0.3 is 0 Å². The monoisotopic (exact) mass is 432 g/mol. The van der Waals surface area contributed by atoms with E-state index < -0.39 is 68.5 Å². The lowest BCUT2D eigenvalue weighted by molar-refractivity contribution is -0.335. The Labute approximate surface area is 172 Å². The molecule has 0 unspecified atom stereocenters. The van der Waals surface area contributed by atoms with Crippen LogP contribution < -0.4 is 0 Å². The van der Waals surface area contributed by atoms with Gasteiger partial charge < -0.3 is 54.7 Å². The molecule has 0 aliphatic carbocycles. The van der Waals surface area contributed by atoms with Crippen molar-refractivity contribution in [1.82, 2.24) is 0 Å². The zero-order valence-electron chi connectivity index (χ0n) is 16.1. The summed E-state index contributed by atoms with van der Waals surface area (Å²) in [6.45, 7) is -1.62. The van der Waals surface area contributed by atoms with Gasteiger partial charge in [-0.15, -0.1) is 0 Å². The molecule has 11 nitrogen and oxygen atoms in total. The summed E-state index contributed by atoms with van der Waals surface area (Å²) in [5.41, 5.74) is -1.06. The highest BCUT2D eigenvalue weighted by molar-refractivity contribution is 5.25. The van der Waals surface area contributed by atoms with Crippen molar-refractivity contribution in [3.05, 3.63) is 29.8 Å². The lowest BCUT2D eigenvalue weighted by Crippen LogP contribution is -2.61. The van der Waals surface area contributed by atoms with E-state index in [2.05, 4.69) is 0 Å². The molecule has 2 aliphatic rings. The second kappa shape index (κ2) is 9.83. The molecule has 1 aromatic carbocycles. The summed E-state index contributed by atoms with van der Waals surface area (Å²) in [6, 6.07) is 6.48. The van der Waals surface area contributed by atoms with Crippen LogP contribution in [0.4, 0.5) is 0 Å². The van der Waals surface area contributed by atoms with Gasteiger partial charge in [0.25, 0.3) is 0 Å². The van der Waals surface area contributed by atoms with Crippen molar-refractivity contribution >= 4 is 0 Å². The first-order valence-corrected chi connectivity index (χ1v) is 9.59. The molecule has 8 atom stereocenters. The molecular formula is C19H28O11. The van der Waals surface area contributed by atoms with E-state index in [1.165, 1.54) is 12.1 Å². The van der Waals surface area contributed by atoms with Crippen LogP contribution in [-0.4, -0.2) is 111 Å². The summed E-state index contributed by atoms with van der Waals surface area (Å²) < 4.78 is 21.9. The van der Waals surface area contributed by atoms with Crippen molar-refractivity contribution in [2.75, 3.05) is 26.4 Å². The molecule has 2 fully saturated rings. The first kappa shape index (κ1) is 23.3. The Morgan fingerprint density at radius 1 is 1.03 bits per heavy atom. The summed E-state index contributed by atoms with van der Waals surface area (Å²) in [5, 5.41) is 68.9. The Hall–Kier alpha value is -1.38. The van der Waals surface area contributed by atoms with Gasteiger partial charge in [0.1, 0.15) is 41.9 Å². The number of aliphatic hydroxyl groups is 6. The minimum absolute atomic E-state index is 0.116. The maximum Gasteiger partial charge on any atom is 0.187 e. The Morgan fingerprint density at radius 3 is 2.33 bits per heavy atom. The normalized spacial score (nSPS) is 39.3. The van der Waals surface area contributed by atoms with E-state index in [1.807, 2.05) is 0 Å². The molecule has 170 valence electrons. The number of rotatable bonds is 8. The fourth-order valence-electron chi connectivity index (χ4n) is 3.35. The molecule has 7 N–H and O–H groups in total. The Kier molecular flexibility index (Phi) is 7.63. The number of ether oxygens (including phenoxy) is 4. The number of aliphatic hydroxyl groups excluding tert-OH is 5. The summed E-state index contributed by atoms with van der Waals surface area (Å²) >= 11 is 0. The Balaban J connectivity index is 1.66. The maximum absolute atomic E-state index is 10.5. The molecule has 11 heteroatoms. The molecule has 30 heavy (non-hydrogen) atoms. The number of phenolic OH excluding ortho intramolecular Hbond substituents is 1. The van der Waals surface area contributed by atoms with Crippen LogP contribution in [0.15, 0.2) is 24.3 Å². The molecule has 2 heterocycles. The largest absolute Gasteiger partial charge is 0.508 e. The highest BCUT2D eigenvalue weighted by atomic mass is 16.8. The first-order chi connectivity index (χ1) is 14.3. The van der Waals surface area contributed by atoms with Gasteiger partial charge in [-0.05, 0) is 24.1 Å². The maximum atomic E-state index is 10.5. The average molecular weight is 432 g/mol. The predicted molar refractivity (Wildman–Crippen MR) is 98.2 cm³/mol. The second-order valence-corrected chi connectivity index (χ2v) is 7.48. The lowest BCUT2D eigenvalue weighted by atomic mass is 9.98. The van der Waals surface area contributed by atoms with Crippen LogP contribution in [0.1, 0.15) is 5.56 Å². The van der Waals surface area contributed by atoms with E-state index in [-0.39, 0.29) is 12.4 Å². The van der Waals surface area contributed by atoms with E-state index in [9.17, 15) is 35.7 Å². The summed E-state index contributed by atoms with van der Waals surface area (Å²) in [4.78, 5) is 0. The molecular weight excluding hydrogens is 404 g/mol. The average Bonchev–Trinajstić information content (AvgIpc) is 3.03. The number of phenols is 1. The topological polar surface area (TPSA) is 179 Å². The van der Waals surface area contributed by atoms with Crippen molar-refractivity contribution in [3.63, 3.8) is 0 Å². The first-order valence-electron chi connectivity index (χ1n) is 9.59. The summed E-state index contributed by atoms with van der Waals surface area (Å²) in [5.74, 6) is 0.129. The minimum Gasteiger partial charge on any atom is -0.508 e. The number of hydrogen-bond donors (Lipinski definition) is 7. The molecule has 3 rings (SSSR count). The molecule has 1 aromatic rings. The second-order valence-electron chi connectivity index (χ2n) is 7.48. The minimum atomic E-state index is -1.92. The van der Waals surface area contributed by atoms with Gasteiger partial charge in [0.05, 0.1) is 26.4 Å². The molecule has 0 radical (unpaired) electrons. The van der Waals surface area contributed by atoms with E-state index in [1.54, 1.807) is 12.1 Å². The van der Waals surface area contributed by atoms with Crippen LogP contribution >= 0.6 is 0 Å². The van der Waals surface area contributed by atoms with Crippen LogP contribution in [0.3, 0.4) is 0 Å². The Bertz CT molecular complexity index is 671. The van der Waals surface area contributed by atoms with E-state index >= 15 is 0 Å². The van der Waals surface area contributed by atoms with Crippen LogP contribution in [0.2, 0.25) is 0 Å². The molecule has 2 aliphatic heterocycles. The standard InChI is InChI=1S/C19H28O11/c20-7-12-13(23)14(24)15(30-18-16(25)19(26,8-21)9-28-18)17(29-12)27-6-5-10-1-3-11(22)4-2-10/h1-4,12-18,20-26H,5-9H2/t12-,13+,14-,15-,16-,17-,18-,19+/m1/s1. The van der Waals surface area contributed by atoms with Crippen molar-refractivity contribution in [2.45, 2.75) is 55.1 Å². The molecule has 0 spiro atoms.